The van der Waals surface area contributed by atoms with Crippen LogP contribution in [0, 0.1) is 10.1 Å². The number of benzene rings is 1. The molecular formula is C17H22ClN5O3. The van der Waals surface area contributed by atoms with Gasteiger partial charge in [0.1, 0.15) is 5.54 Å². The van der Waals surface area contributed by atoms with Crippen LogP contribution in [0.1, 0.15) is 18.4 Å². The van der Waals surface area contributed by atoms with Crippen LogP contribution in [0.3, 0.4) is 0 Å². The lowest BCUT2D eigenvalue weighted by molar-refractivity contribution is -0.385. The summed E-state index contributed by atoms with van der Waals surface area (Å²) in [5.41, 5.74) is 0.00355. The molecule has 1 fully saturated rings. The second-order valence-corrected chi connectivity index (χ2v) is 6.12. The zero-order valence-electron chi connectivity index (χ0n) is 14.3. The minimum atomic E-state index is -0.697. The molecule has 0 atom stereocenters. The summed E-state index contributed by atoms with van der Waals surface area (Å²) in [5, 5.41) is 21.6. The number of hydrogen-bond donors (Lipinski definition) is 2. The summed E-state index contributed by atoms with van der Waals surface area (Å²) < 4.78 is 1.73. The number of piperidine rings is 1. The van der Waals surface area contributed by atoms with Gasteiger partial charge in [0, 0.05) is 30.6 Å². The van der Waals surface area contributed by atoms with Gasteiger partial charge < -0.3 is 10.6 Å². The smallest absolute Gasteiger partial charge is 0.272 e. The predicted octanol–water partition coefficient (Wildman–Crippen LogP) is 1.65. The molecule has 0 unspecified atom stereocenters. The third-order valence-electron chi connectivity index (χ3n) is 4.66. The van der Waals surface area contributed by atoms with Crippen molar-refractivity contribution < 1.29 is 9.72 Å². The van der Waals surface area contributed by atoms with Crippen molar-refractivity contribution in [1.82, 2.24) is 20.4 Å². The highest BCUT2D eigenvalue weighted by Crippen LogP contribution is 2.27. The lowest BCUT2D eigenvalue weighted by Gasteiger charge is -2.36. The fourth-order valence-electron chi connectivity index (χ4n) is 3.30. The van der Waals surface area contributed by atoms with Crippen molar-refractivity contribution in [2.45, 2.75) is 24.8 Å². The van der Waals surface area contributed by atoms with Crippen molar-refractivity contribution in [3.05, 3.63) is 58.4 Å². The van der Waals surface area contributed by atoms with Gasteiger partial charge in [-0.3, -0.25) is 19.6 Å². The monoisotopic (exact) mass is 379 g/mol. The third-order valence-corrected chi connectivity index (χ3v) is 4.66. The SMILES string of the molecule is Cl.O=C(NCCc1ccccc1[N+](=O)[O-])C1(n2cccn2)CCNCC1. The van der Waals surface area contributed by atoms with Crippen molar-refractivity contribution in [3.8, 4) is 0 Å². The zero-order valence-corrected chi connectivity index (χ0v) is 15.1. The van der Waals surface area contributed by atoms with Crippen molar-refractivity contribution in [1.29, 1.82) is 0 Å². The van der Waals surface area contributed by atoms with E-state index in [4.69, 9.17) is 0 Å². The van der Waals surface area contributed by atoms with E-state index in [1.807, 2.05) is 12.3 Å². The van der Waals surface area contributed by atoms with Gasteiger partial charge in [-0.05, 0) is 38.4 Å². The van der Waals surface area contributed by atoms with Gasteiger partial charge in [-0.2, -0.15) is 5.10 Å². The van der Waals surface area contributed by atoms with Crippen LogP contribution in [-0.2, 0) is 16.8 Å². The highest BCUT2D eigenvalue weighted by molar-refractivity contribution is 5.85. The minimum Gasteiger partial charge on any atom is -0.354 e. The van der Waals surface area contributed by atoms with Crippen LogP contribution in [0.4, 0.5) is 5.69 Å². The van der Waals surface area contributed by atoms with Gasteiger partial charge >= 0.3 is 0 Å². The Labute approximate surface area is 157 Å². The first-order valence-electron chi connectivity index (χ1n) is 8.35. The van der Waals surface area contributed by atoms with Gasteiger partial charge in [-0.25, -0.2) is 0 Å². The Bertz CT molecular complexity index is 745. The van der Waals surface area contributed by atoms with E-state index in [9.17, 15) is 14.9 Å². The molecule has 0 aliphatic carbocycles. The number of halogens is 1. The van der Waals surface area contributed by atoms with Crippen LogP contribution in [-0.4, -0.2) is 40.2 Å². The molecule has 26 heavy (non-hydrogen) atoms. The Morgan fingerprint density at radius 3 is 2.69 bits per heavy atom. The number of aromatic nitrogens is 2. The summed E-state index contributed by atoms with van der Waals surface area (Å²) in [6, 6.07) is 8.42. The molecule has 1 aliphatic heterocycles. The summed E-state index contributed by atoms with van der Waals surface area (Å²) in [6.07, 6.45) is 5.21. The zero-order chi connectivity index (χ0) is 17.7. The van der Waals surface area contributed by atoms with E-state index in [-0.39, 0.29) is 24.0 Å². The van der Waals surface area contributed by atoms with Crippen LogP contribution >= 0.6 is 12.4 Å². The normalized spacial score (nSPS) is 15.7. The van der Waals surface area contributed by atoms with Crippen LogP contribution < -0.4 is 10.6 Å². The molecule has 2 heterocycles. The van der Waals surface area contributed by atoms with Crippen LogP contribution in [0.2, 0.25) is 0 Å². The van der Waals surface area contributed by atoms with Crippen molar-refractivity contribution in [2.24, 2.45) is 0 Å². The second-order valence-electron chi connectivity index (χ2n) is 6.12. The molecule has 9 heteroatoms. The topological polar surface area (TPSA) is 102 Å². The summed E-state index contributed by atoms with van der Waals surface area (Å²) >= 11 is 0. The van der Waals surface area contributed by atoms with Gasteiger partial charge in [0.2, 0.25) is 5.91 Å². The van der Waals surface area contributed by atoms with Gasteiger partial charge in [-0.1, -0.05) is 18.2 Å². The molecule has 3 rings (SSSR count). The maximum atomic E-state index is 12.9. The summed E-state index contributed by atoms with van der Waals surface area (Å²) in [7, 11) is 0. The molecule has 2 N–H and O–H groups in total. The second kappa shape index (κ2) is 8.77. The van der Waals surface area contributed by atoms with E-state index in [0.717, 1.165) is 13.1 Å². The third kappa shape index (κ3) is 4.03. The minimum absolute atomic E-state index is 0. The lowest BCUT2D eigenvalue weighted by Crippen LogP contribution is -2.54. The Kier molecular flexibility index (Phi) is 6.70. The Hall–Kier alpha value is -2.45. The number of amides is 1. The molecule has 140 valence electrons. The first kappa shape index (κ1) is 19.9. The standard InChI is InChI=1S/C17H21N5O3.ClH/c23-16(17(7-11-18-12-8-17)21-13-3-9-20-21)19-10-6-14-4-1-2-5-15(14)22(24)25;/h1-5,9,13,18H,6-8,10-12H2,(H,19,23);1H. The number of nitro groups is 1. The van der Waals surface area contributed by atoms with Gasteiger partial charge in [0.25, 0.3) is 5.69 Å². The molecule has 0 spiro atoms. The van der Waals surface area contributed by atoms with Crippen LogP contribution in [0.15, 0.2) is 42.7 Å². The van der Waals surface area contributed by atoms with E-state index in [0.29, 0.717) is 31.4 Å². The number of nitro benzene ring substituents is 1. The van der Waals surface area contributed by atoms with E-state index in [2.05, 4.69) is 15.7 Å². The molecular weight excluding hydrogens is 358 g/mol. The molecule has 1 saturated heterocycles. The first-order chi connectivity index (χ1) is 12.1. The van der Waals surface area contributed by atoms with E-state index in [1.165, 1.54) is 6.07 Å². The summed E-state index contributed by atoms with van der Waals surface area (Å²) in [4.78, 5) is 23.6. The highest BCUT2D eigenvalue weighted by atomic mass is 35.5. The quantitative estimate of drug-likeness (QED) is 0.587. The van der Waals surface area contributed by atoms with Gasteiger partial charge in [0.15, 0.2) is 0 Å². The van der Waals surface area contributed by atoms with E-state index >= 15 is 0 Å². The van der Waals surface area contributed by atoms with Crippen molar-refractivity contribution >= 4 is 24.0 Å². The van der Waals surface area contributed by atoms with Crippen LogP contribution in [0.25, 0.3) is 0 Å². The average Bonchev–Trinajstić information content (AvgIpc) is 3.17. The van der Waals surface area contributed by atoms with Crippen LogP contribution in [0.5, 0.6) is 0 Å². The largest absolute Gasteiger partial charge is 0.354 e. The number of para-hydroxylation sites is 1. The molecule has 1 amide bonds. The fourth-order valence-corrected chi connectivity index (χ4v) is 3.30. The Morgan fingerprint density at radius 2 is 2.04 bits per heavy atom. The average molecular weight is 380 g/mol. The van der Waals surface area contributed by atoms with Gasteiger partial charge in [-0.15, -0.1) is 12.4 Å². The molecule has 0 radical (unpaired) electrons. The molecule has 1 aromatic heterocycles. The Morgan fingerprint density at radius 1 is 1.31 bits per heavy atom. The highest BCUT2D eigenvalue weighted by Gasteiger charge is 2.41. The number of hydrogen-bond acceptors (Lipinski definition) is 5. The number of carbonyl (C=O) groups excluding carboxylic acids is 1. The number of nitrogens with one attached hydrogen (secondary N) is 2. The van der Waals surface area contributed by atoms with Crippen molar-refractivity contribution in [2.75, 3.05) is 19.6 Å². The van der Waals surface area contributed by atoms with Gasteiger partial charge in [0.05, 0.1) is 4.92 Å². The van der Waals surface area contributed by atoms with E-state index in [1.54, 1.807) is 29.1 Å². The number of carbonyl (C=O) groups is 1. The van der Waals surface area contributed by atoms with E-state index < -0.39 is 10.5 Å². The predicted molar refractivity (Wildman–Crippen MR) is 99.4 cm³/mol. The fraction of sp³-hybridized carbons (Fsp3) is 0.412. The number of rotatable bonds is 6. The van der Waals surface area contributed by atoms with Crippen molar-refractivity contribution in [3.63, 3.8) is 0 Å². The summed E-state index contributed by atoms with van der Waals surface area (Å²) in [5.74, 6) is -0.0868. The first-order valence-corrected chi connectivity index (χ1v) is 8.35. The molecule has 0 saturated carbocycles. The Balaban J connectivity index is 0.00000243. The molecule has 1 aliphatic rings. The maximum Gasteiger partial charge on any atom is 0.272 e. The number of nitrogens with zero attached hydrogens (tertiary/aromatic N) is 3. The molecule has 0 bridgehead atoms. The maximum absolute atomic E-state index is 12.9. The molecule has 1 aromatic carbocycles. The summed E-state index contributed by atoms with van der Waals surface area (Å²) in [6.45, 7) is 1.84. The lowest BCUT2D eigenvalue weighted by atomic mass is 9.87. The molecule has 2 aromatic rings. The molecule has 8 nitrogen and oxygen atoms in total.